The molecule has 2 aromatic heterocycles. The van der Waals surface area contributed by atoms with E-state index in [1.807, 2.05) is 17.5 Å². The zero-order chi connectivity index (χ0) is 19.8. The molecule has 2 heterocycles. The normalized spacial score (nSPS) is 29.7. The summed E-state index contributed by atoms with van der Waals surface area (Å²) in [6.07, 6.45) is 7.65. The molecule has 7 nitrogen and oxygen atoms in total. The van der Waals surface area contributed by atoms with Crippen molar-refractivity contribution >= 4 is 23.2 Å². The minimum absolute atomic E-state index is 0.0554. The van der Waals surface area contributed by atoms with Gasteiger partial charge in [-0.1, -0.05) is 11.2 Å². The Labute approximate surface area is 173 Å². The number of aryl methyl sites for hydroxylation is 1. The van der Waals surface area contributed by atoms with Crippen molar-refractivity contribution in [3.8, 4) is 10.7 Å². The fourth-order valence-corrected chi connectivity index (χ4v) is 6.53. The average molecular weight is 416 g/mol. The quantitative estimate of drug-likeness (QED) is 0.697. The molecule has 2 aromatic rings. The lowest BCUT2D eigenvalue weighted by atomic mass is 9.53. The van der Waals surface area contributed by atoms with Crippen LogP contribution in [-0.4, -0.2) is 34.2 Å². The van der Waals surface area contributed by atoms with E-state index in [0.717, 1.165) is 41.9 Å². The third-order valence-electron chi connectivity index (χ3n) is 6.56. The minimum atomic E-state index is -0.429. The maximum Gasteiger partial charge on any atom is 0.306 e. The fourth-order valence-electron chi connectivity index (χ4n) is 5.89. The summed E-state index contributed by atoms with van der Waals surface area (Å²) in [5.74, 6) is 2.59. The second kappa shape index (κ2) is 7.55. The summed E-state index contributed by atoms with van der Waals surface area (Å²) >= 11 is 1.53. The lowest BCUT2D eigenvalue weighted by Crippen LogP contribution is -2.60. The van der Waals surface area contributed by atoms with Crippen molar-refractivity contribution in [2.45, 2.75) is 56.9 Å². The van der Waals surface area contributed by atoms with Crippen LogP contribution < -0.4 is 5.32 Å². The number of rotatable bonds is 7. The van der Waals surface area contributed by atoms with Crippen LogP contribution in [0.4, 0.5) is 0 Å². The molecule has 1 amide bonds. The standard InChI is InChI=1S/C21H25N3O4S/c25-17(23-21-9-13-6-14(10-21)8-15(7-13)11-21)12-27-19(26)4-3-18-22-20(24-28-18)16-2-1-5-29-16/h1-2,5,13-15H,3-4,6-12H2,(H,23,25). The van der Waals surface area contributed by atoms with Gasteiger partial charge in [-0.05, 0) is 67.7 Å². The molecule has 4 bridgehead atoms. The predicted octanol–water partition coefficient (Wildman–Crippen LogP) is 3.36. The Bertz CT molecular complexity index is 856. The van der Waals surface area contributed by atoms with E-state index >= 15 is 0 Å². The van der Waals surface area contributed by atoms with E-state index in [1.54, 1.807) is 0 Å². The van der Waals surface area contributed by atoms with Gasteiger partial charge >= 0.3 is 5.97 Å². The first-order valence-corrected chi connectivity index (χ1v) is 11.3. The highest BCUT2D eigenvalue weighted by molar-refractivity contribution is 7.13. The first-order chi connectivity index (χ1) is 14.1. The number of hydrogen-bond acceptors (Lipinski definition) is 7. The zero-order valence-corrected chi connectivity index (χ0v) is 17.1. The molecular formula is C21H25N3O4S. The molecule has 4 saturated carbocycles. The maximum absolute atomic E-state index is 12.4. The van der Waals surface area contributed by atoms with Crippen LogP contribution in [0.15, 0.2) is 22.0 Å². The Balaban J connectivity index is 1.07. The Morgan fingerprint density at radius 3 is 2.59 bits per heavy atom. The van der Waals surface area contributed by atoms with Crippen molar-refractivity contribution in [3.63, 3.8) is 0 Å². The van der Waals surface area contributed by atoms with Crippen LogP contribution in [0.1, 0.15) is 50.8 Å². The van der Waals surface area contributed by atoms with Gasteiger partial charge in [-0.15, -0.1) is 11.3 Å². The van der Waals surface area contributed by atoms with Crippen molar-refractivity contribution < 1.29 is 18.8 Å². The summed E-state index contributed by atoms with van der Waals surface area (Å²) in [6.45, 7) is -0.217. The summed E-state index contributed by atoms with van der Waals surface area (Å²) in [4.78, 5) is 29.7. The molecule has 6 rings (SSSR count). The van der Waals surface area contributed by atoms with E-state index in [2.05, 4.69) is 15.5 Å². The van der Waals surface area contributed by atoms with Crippen LogP contribution in [0.2, 0.25) is 0 Å². The maximum atomic E-state index is 12.4. The summed E-state index contributed by atoms with van der Waals surface area (Å²) in [5.41, 5.74) is -0.0554. The third kappa shape index (κ3) is 4.08. The van der Waals surface area contributed by atoms with Crippen molar-refractivity contribution in [1.82, 2.24) is 15.5 Å². The molecule has 4 aliphatic carbocycles. The Kier molecular flexibility index (Phi) is 4.89. The summed E-state index contributed by atoms with van der Waals surface area (Å²) in [5, 5.41) is 9.08. The molecule has 0 saturated heterocycles. The number of hydrogen-bond donors (Lipinski definition) is 1. The third-order valence-corrected chi connectivity index (χ3v) is 7.43. The predicted molar refractivity (Wildman–Crippen MR) is 106 cm³/mol. The number of amides is 1. The van der Waals surface area contributed by atoms with Crippen LogP contribution in [0.5, 0.6) is 0 Å². The van der Waals surface area contributed by atoms with Gasteiger partial charge in [0, 0.05) is 12.0 Å². The molecule has 4 aliphatic rings. The lowest BCUT2D eigenvalue weighted by molar-refractivity contribution is -0.150. The summed E-state index contributed by atoms with van der Waals surface area (Å²) in [7, 11) is 0. The van der Waals surface area contributed by atoms with Crippen molar-refractivity contribution in [2.24, 2.45) is 17.8 Å². The molecule has 1 N–H and O–H groups in total. The van der Waals surface area contributed by atoms with Gasteiger partial charge in [0.05, 0.1) is 11.3 Å². The van der Waals surface area contributed by atoms with Crippen LogP contribution in [-0.2, 0) is 20.7 Å². The van der Waals surface area contributed by atoms with Gasteiger partial charge in [0.25, 0.3) is 5.91 Å². The minimum Gasteiger partial charge on any atom is -0.456 e. The van der Waals surface area contributed by atoms with Crippen molar-refractivity contribution in [2.75, 3.05) is 6.61 Å². The molecule has 154 valence electrons. The van der Waals surface area contributed by atoms with Crippen LogP contribution in [0.3, 0.4) is 0 Å². The smallest absolute Gasteiger partial charge is 0.306 e. The topological polar surface area (TPSA) is 94.3 Å². The number of carbonyl (C=O) groups is 2. The molecule has 4 fully saturated rings. The second-order valence-electron chi connectivity index (χ2n) is 8.90. The summed E-state index contributed by atoms with van der Waals surface area (Å²) in [6, 6.07) is 3.83. The Hall–Kier alpha value is -2.22. The highest BCUT2D eigenvalue weighted by atomic mass is 32.1. The largest absolute Gasteiger partial charge is 0.456 e. The number of esters is 1. The molecule has 0 spiro atoms. The second-order valence-corrected chi connectivity index (χ2v) is 9.84. The molecule has 0 aromatic carbocycles. The van der Waals surface area contributed by atoms with Crippen LogP contribution >= 0.6 is 11.3 Å². The van der Waals surface area contributed by atoms with Crippen molar-refractivity contribution in [3.05, 3.63) is 23.4 Å². The molecule has 29 heavy (non-hydrogen) atoms. The highest BCUT2D eigenvalue weighted by Gasteiger charge is 2.51. The van der Waals surface area contributed by atoms with E-state index in [-0.39, 0.29) is 24.5 Å². The number of thiophene rings is 1. The van der Waals surface area contributed by atoms with Gasteiger partial charge in [0.1, 0.15) is 0 Å². The average Bonchev–Trinajstić information content (AvgIpc) is 3.34. The molecule has 0 radical (unpaired) electrons. The van der Waals surface area contributed by atoms with E-state index in [1.165, 1.54) is 30.6 Å². The molecule has 0 atom stereocenters. The van der Waals surface area contributed by atoms with Gasteiger partial charge in [0.2, 0.25) is 11.7 Å². The number of aromatic nitrogens is 2. The Morgan fingerprint density at radius 2 is 1.93 bits per heavy atom. The van der Waals surface area contributed by atoms with Gasteiger partial charge in [-0.3, -0.25) is 9.59 Å². The Morgan fingerprint density at radius 1 is 1.21 bits per heavy atom. The van der Waals surface area contributed by atoms with E-state index in [9.17, 15) is 9.59 Å². The number of nitrogens with zero attached hydrogens (tertiary/aromatic N) is 2. The number of nitrogens with one attached hydrogen (secondary N) is 1. The van der Waals surface area contributed by atoms with E-state index < -0.39 is 5.97 Å². The van der Waals surface area contributed by atoms with E-state index in [4.69, 9.17) is 9.26 Å². The first-order valence-electron chi connectivity index (χ1n) is 10.4. The van der Waals surface area contributed by atoms with Gasteiger partial charge in [0.15, 0.2) is 6.61 Å². The molecule has 0 unspecified atom stereocenters. The van der Waals surface area contributed by atoms with Gasteiger partial charge < -0.3 is 14.6 Å². The highest BCUT2D eigenvalue weighted by Crippen LogP contribution is 2.55. The number of carbonyl (C=O) groups excluding carboxylic acids is 2. The first kappa shape index (κ1) is 18.8. The van der Waals surface area contributed by atoms with Crippen LogP contribution in [0.25, 0.3) is 10.7 Å². The lowest BCUT2D eigenvalue weighted by Gasteiger charge is -2.56. The van der Waals surface area contributed by atoms with Crippen molar-refractivity contribution in [1.29, 1.82) is 0 Å². The summed E-state index contributed by atoms with van der Waals surface area (Å²) < 4.78 is 10.4. The molecule has 8 heteroatoms. The molecular weight excluding hydrogens is 390 g/mol. The van der Waals surface area contributed by atoms with Gasteiger partial charge in [-0.25, -0.2) is 0 Å². The van der Waals surface area contributed by atoms with Gasteiger partial charge in [-0.2, -0.15) is 4.98 Å². The SMILES string of the molecule is O=C(COC(=O)CCc1nc(-c2cccs2)no1)NC12CC3CC(CC(C3)C1)C2. The zero-order valence-electron chi connectivity index (χ0n) is 16.3. The monoisotopic (exact) mass is 415 g/mol. The fraction of sp³-hybridized carbons (Fsp3) is 0.619. The number of ether oxygens (including phenoxy) is 1. The van der Waals surface area contributed by atoms with Crippen LogP contribution in [0, 0.1) is 17.8 Å². The molecule has 0 aliphatic heterocycles. The van der Waals surface area contributed by atoms with E-state index in [0.29, 0.717) is 18.1 Å².